The molecule has 0 amide bonds. The number of hydrogen-bond donors (Lipinski definition) is 0. The highest BCUT2D eigenvalue weighted by Gasteiger charge is 2.39. The first-order valence-corrected chi connectivity index (χ1v) is 17.2. The zero-order valence-electron chi connectivity index (χ0n) is 24.2. The predicted octanol–water partition coefficient (Wildman–Crippen LogP) is 9.41. The highest BCUT2D eigenvalue weighted by atomic mass is 28.4. The molecule has 1 aromatic carbocycles. The van der Waals surface area contributed by atoms with Gasteiger partial charge in [-0.3, -0.25) is 0 Å². The smallest absolute Gasteiger partial charge is 0.493 e. The number of benzene rings is 1. The van der Waals surface area contributed by atoms with Crippen molar-refractivity contribution in [3.63, 3.8) is 0 Å². The van der Waals surface area contributed by atoms with E-state index in [1.165, 1.54) is 88.2 Å². The third kappa shape index (κ3) is 10.5. The maximum atomic E-state index is 6.48. The molecule has 0 aromatic heterocycles. The van der Waals surface area contributed by atoms with Crippen LogP contribution in [0.5, 0.6) is 5.75 Å². The molecule has 1 aliphatic carbocycles. The van der Waals surface area contributed by atoms with Gasteiger partial charge in [0.1, 0.15) is 5.75 Å². The Labute approximate surface area is 224 Å². The molecule has 0 heterocycles. The Morgan fingerprint density at radius 1 is 0.778 bits per heavy atom. The lowest BCUT2D eigenvalue weighted by molar-refractivity contribution is 0.0696. The predicted molar refractivity (Wildman–Crippen MR) is 154 cm³/mol. The average molecular weight is 521 g/mol. The standard InChI is InChI=1S/C31H56O4Si/c1-6-11-12-14-19-27(18-7-2)29-22-23-31(30(26-29)28-20-15-13-16-21-28)32-24-17-25-36(33-8-3,34-9-4)35-10-5/h22-23,26-28H,6-21,24-25H2,1-5H3. The van der Waals surface area contributed by atoms with E-state index in [0.29, 0.717) is 38.3 Å². The largest absolute Gasteiger partial charge is 0.501 e. The van der Waals surface area contributed by atoms with E-state index in [2.05, 4.69) is 32.0 Å². The lowest BCUT2D eigenvalue weighted by atomic mass is 9.81. The van der Waals surface area contributed by atoms with Crippen molar-refractivity contribution in [2.75, 3.05) is 26.4 Å². The minimum Gasteiger partial charge on any atom is -0.493 e. The van der Waals surface area contributed by atoms with Gasteiger partial charge in [-0.05, 0) is 81.9 Å². The molecule has 36 heavy (non-hydrogen) atoms. The minimum absolute atomic E-state index is 0.623. The molecular weight excluding hydrogens is 464 g/mol. The maximum absolute atomic E-state index is 6.48. The second kappa shape index (κ2) is 18.4. The van der Waals surface area contributed by atoms with Gasteiger partial charge in [-0.2, -0.15) is 0 Å². The first-order chi connectivity index (χ1) is 17.6. The highest BCUT2D eigenvalue weighted by molar-refractivity contribution is 6.60. The minimum atomic E-state index is -2.61. The molecule has 1 saturated carbocycles. The van der Waals surface area contributed by atoms with Gasteiger partial charge in [0.05, 0.1) is 6.61 Å². The monoisotopic (exact) mass is 520 g/mol. The molecule has 1 aromatic rings. The summed E-state index contributed by atoms with van der Waals surface area (Å²) in [5.41, 5.74) is 3.00. The highest BCUT2D eigenvalue weighted by Crippen LogP contribution is 2.40. The van der Waals surface area contributed by atoms with Gasteiger partial charge in [-0.25, -0.2) is 0 Å². The topological polar surface area (TPSA) is 36.9 Å². The van der Waals surface area contributed by atoms with E-state index in [9.17, 15) is 0 Å². The molecule has 1 unspecified atom stereocenters. The van der Waals surface area contributed by atoms with Crippen LogP contribution in [0.3, 0.4) is 0 Å². The number of unbranched alkanes of at least 4 members (excludes halogenated alkanes) is 3. The van der Waals surface area contributed by atoms with E-state index in [-0.39, 0.29) is 0 Å². The Kier molecular flexibility index (Phi) is 16.0. The Morgan fingerprint density at radius 2 is 1.47 bits per heavy atom. The van der Waals surface area contributed by atoms with Crippen molar-refractivity contribution in [3.05, 3.63) is 29.3 Å². The van der Waals surface area contributed by atoms with Crippen LogP contribution in [-0.4, -0.2) is 35.2 Å². The van der Waals surface area contributed by atoms with Gasteiger partial charge in [-0.1, -0.05) is 77.3 Å². The first-order valence-electron chi connectivity index (χ1n) is 15.3. The van der Waals surface area contributed by atoms with Crippen LogP contribution in [0.1, 0.15) is 141 Å². The molecule has 1 aliphatic rings. The van der Waals surface area contributed by atoms with Crippen LogP contribution in [0.15, 0.2) is 18.2 Å². The summed E-state index contributed by atoms with van der Waals surface area (Å²) >= 11 is 0. The van der Waals surface area contributed by atoms with Gasteiger partial charge < -0.3 is 18.0 Å². The fourth-order valence-electron chi connectivity index (χ4n) is 5.80. The number of ether oxygens (including phenoxy) is 1. The van der Waals surface area contributed by atoms with Crippen LogP contribution in [-0.2, 0) is 13.3 Å². The Balaban J connectivity index is 2.12. The molecule has 208 valence electrons. The van der Waals surface area contributed by atoms with E-state index in [4.69, 9.17) is 18.0 Å². The van der Waals surface area contributed by atoms with Gasteiger partial charge in [0, 0.05) is 25.9 Å². The molecule has 0 saturated heterocycles. The van der Waals surface area contributed by atoms with Crippen LogP contribution < -0.4 is 4.74 Å². The SMILES string of the molecule is CCCCCCC(CCC)c1ccc(OCCC[Si](OCC)(OCC)OCC)c(C2CCCCC2)c1. The van der Waals surface area contributed by atoms with Gasteiger partial charge >= 0.3 is 8.80 Å². The lowest BCUT2D eigenvalue weighted by Crippen LogP contribution is -2.46. The fraction of sp³-hybridized carbons (Fsp3) is 0.806. The summed E-state index contributed by atoms with van der Waals surface area (Å²) in [6.07, 6.45) is 16.8. The maximum Gasteiger partial charge on any atom is 0.501 e. The van der Waals surface area contributed by atoms with Gasteiger partial charge in [0.15, 0.2) is 0 Å². The molecule has 1 fully saturated rings. The summed E-state index contributed by atoms with van der Waals surface area (Å²) in [6.45, 7) is 13.2. The Bertz CT molecular complexity index is 672. The van der Waals surface area contributed by atoms with Gasteiger partial charge in [-0.15, -0.1) is 0 Å². The molecule has 1 atom stereocenters. The van der Waals surface area contributed by atoms with Crippen LogP contribution in [0.4, 0.5) is 0 Å². The van der Waals surface area contributed by atoms with Crippen molar-refractivity contribution in [2.24, 2.45) is 0 Å². The van der Waals surface area contributed by atoms with Crippen molar-refractivity contribution in [2.45, 2.75) is 136 Å². The first kappa shape index (κ1) is 31.3. The fourth-order valence-corrected chi connectivity index (χ4v) is 8.38. The lowest BCUT2D eigenvalue weighted by Gasteiger charge is -2.29. The normalized spacial score (nSPS) is 15.8. The van der Waals surface area contributed by atoms with E-state index in [1.54, 1.807) is 0 Å². The molecule has 0 radical (unpaired) electrons. The van der Waals surface area contributed by atoms with Crippen LogP contribution in [0.2, 0.25) is 6.04 Å². The summed E-state index contributed by atoms with van der Waals surface area (Å²) < 4.78 is 24.6. The van der Waals surface area contributed by atoms with Gasteiger partial charge in [0.25, 0.3) is 0 Å². The van der Waals surface area contributed by atoms with Crippen molar-refractivity contribution >= 4 is 8.80 Å². The van der Waals surface area contributed by atoms with Crippen molar-refractivity contribution < 1.29 is 18.0 Å². The molecule has 2 rings (SSSR count). The molecule has 0 spiro atoms. The molecular formula is C31H56O4Si. The van der Waals surface area contributed by atoms with E-state index in [1.807, 2.05) is 20.8 Å². The second-order valence-corrected chi connectivity index (χ2v) is 13.1. The summed E-state index contributed by atoms with van der Waals surface area (Å²) in [5, 5.41) is 0. The molecule has 5 heteroatoms. The third-order valence-electron chi connectivity index (χ3n) is 7.57. The van der Waals surface area contributed by atoms with Crippen molar-refractivity contribution in [1.82, 2.24) is 0 Å². The number of hydrogen-bond acceptors (Lipinski definition) is 4. The molecule has 0 bridgehead atoms. The van der Waals surface area contributed by atoms with E-state index in [0.717, 1.165) is 18.2 Å². The van der Waals surface area contributed by atoms with Crippen LogP contribution in [0, 0.1) is 0 Å². The molecule has 0 N–H and O–H groups in total. The van der Waals surface area contributed by atoms with Crippen LogP contribution >= 0.6 is 0 Å². The third-order valence-corrected chi connectivity index (χ3v) is 10.7. The van der Waals surface area contributed by atoms with Crippen molar-refractivity contribution in [3.8, 4) is 5.75 Å². The summed E-state index contributed by atoms with van der Waals surface area (Å²) in [5.74, 6) is 2.42. The van der Waals surface area contributed by atoms with Gasteiger partial charge in [0.2, 0.25) is 0 Å². The summed E-state index contributed by atoms with van der Waals surface area (Å²) in [7, 11) is -2.61. The average Bonchev–Trinajstić information content (AvgIpc) is 2.89. The Morgan fingerprint density at radius 3 is 2.08 bits per heavy atom. The zero-order valence-corrected chi connectivity index (χ0v) is 25.2. The molecule has 4 nitrogen and oxygen atoms in total. The summed E-state index contributed by atoms with van der Waals surface area (Å²) in [6, 6.07) is 7.98. The van der Waals surface area contributed by atoms with E-state index < -0.39 is 8.80 Å². The summed E-state index contributed by atoms with van der Waals surface area (Å²) in [4.78, 5) is 0. The number of rotatable bonds is 20. The Hall–Kier alpha value is -0.883. The van der Waals surface area contributed by atoms with Crippen molar-refractivity contribution in [1.29, 1.82) is 0 Å². The van der Waals surface area contributed by atoms with Crippen LogP contribution in [0.25, 0.3) is 0 Å². The second-order valence-electron chi connectivity index (χ2n) is 10.4. The van der Waals surface area contributed by atoms with E-state index >= 15 is 0 Å². The molecule has 0 aliphatic heterocycles. The quantitative estimate of drug-likeness (QED) is 0.127. The zero-order chi connectivity index (χ0) is 26.1.